The molecule has 1 heterocycles. The summed E-state index contributed by atoms with van der Waals surface area (Å²) in [6.45, 7) is 0. The Balaban J connectivity index is 3.46. The zero-order valence-corrected chi connectivity index (χ0v) is 9.70. The molecule has 0 bridgehead atoms. The standard InChI is InChI=1S/C8H7BrF2N2O3/c1-16-6-2-5(13(14)15)4(3-9)7(12-6)8(10)11/h2,8H,3H2,1H3. The maximum atomic E-state index is 12.6. The van der Waals surface area contributed by atoms with Crippen LogP contribution in [-0.2, 0) is 5.33 Å². The summed E-state index contributed by atoms with van der Waals surface area (Å²) in [5.74, 6) is -0.202. The molecule has 0 amide bonds. The van der Waals surface area contributed by atoms with Crippen LogP contribution in [0.4, 0.5) is 14.5 Å². The summed E-state index contributed by atoms with van der Waals surface area (Å²) in [5, 5.41) is 10.6. The third kappa shape index (κ3) is 2.43. The van der Waals surface area contributed by atoms with Gasteiger partial charge in [0.05, 0.1) is 23.7 Å². The highest BCUT2D eigenvalue weighted by Crippen LogP contribution is 2.32. The maximum Gasteiger partial charge on any atom is 0.281 e. The number of ether oxygens (including phenoxy) is 1. The van der Waals surface area contributed by atoms with Crippen LogP contribution in [0.15, 0.2) is 6.07 Å². The van der Waals surface area contributed by atoms with Gasteiger partial charge in [0.2, 0.25) is 5.88 Å². The minimum absolute atomic E-state index is 0.0695. The van der Waals surface area contributed by atoms with Crippen molar-refractivity contribution in [1.82, 2.24) is 4.98 Å². The molecule has 1 aromatic rings. The maximum absolute atomic E-state index is 12.6. The van der Waals surface area contributed by atoms with Gasteiger partial charge in [-0.05, 0) is 0 Å². The second-order valence-corrected chi connectivity index (χ2v) is 3.30. The number of nitro groups is 1. The molecule has 0 aliphatic carbocycles. The average Bonchev–Trinajstić information content (AvgIpc) is 2.26. The number of hydrogen-bond donors (Lipinski definition) is 0. The lowest BCUT2D eigenvalue weighted by Gasteiger charge is -2.08. The molecule has 0 saturated carbocycles. The van der Waals surface area contributed by atoms with E-state index in [1.807, 2.05) is 0 Å². The zero-order valence-electron chi connectivity index (χ0n) is 8.11. The van der Waals surface area contributed by atoms with Gasteiger partial charge in [-0.15, -0.1) is 0 Å². The Morgan fingerprint density at radius 2 is 2.31 bits per heavy atom. The summed E-state index contributed by atoms with van der Waals surface area (Å²) in [7, 11) is 1.20. The van der Waals surface area contributed by atoms with Crippen molar-refractivity contribution in [2.24, 2.45) is 0 Å². The number of alkyl halides is 3. The third-order valence-electron chi connectivity index (χ3n) is 1.86. The van der Waals surface area contributed by atoms with Crippen molar-refractivity contribution >= 4 is 21.6 Å². The van der Waals surface area contributed by atoms with Crippen molar-refractivity contribution in [2.75, 3.05) is 7.11 Å². The summed E-state index contributed by atoms with van der Waals surface area (Å²) >= 11 is 2.92. The SMILES string of the molecule is COc1cc([N+](=O)[O-])c(CBr)c(C(F)F)n1. The molecular weight excluding hydrogens is 290 g/mol. The normalized spacial score (nSPS) is 10.6. The highest BCUT2D eigenvalue weighted by atomic mass is 79.9. The van der Waals surface area contributed by atoms with Gasteiger partial charge < -0.3 is 4.74 Å². The molecule has 1 rings (SSSR count). The van der Waals surface area contributed by atoms with E-state index in [0.29, 0.717) is 0 Å². The van der Waals surface area contributed by atoms with Crippen LogP contribution in [0.2, 0.25) is 0 Å². The fourth-order valence-corrected chi connectivity index (χ4v) is 1.71. The number of halogens is 3. The van der Waals surface area contributed by atoms with Gasteiger partial charge >= 0.3 is 0 Å². The van der Waals surface area contributed by atoms with E-state index in [0.717, 1.165) is 6.07 Å². The van der Waals surface area contributed by atoms with Crippen molar-refractivity contribution < 1.29 is 18.4 Å². The summed E-state index contributed by atoms with van der Waals surface area (Å²) in [6.07, 6.45) is -2.89. The fraction of sp³-hybridized carbons (Fsp3) is 0.375. The van der Waals surface area contributed by atoms with E-state index in [1.165, 1.54) is 7.11 Å². The molecule has 8 heteroatoms. The molecule has 0 aliphatic rings. The molecule has 0 aliphatic heterocycles. The van der Waals surface area contributed by atoms with Gasteiger partial charge in [0.1, 0.15) is 5.69 Å². The monoisotopic (exact) mass is 296 g/mol. The molecule has 88 valence electrons. The lowest BCUT2D eigenvalue weighted by Crippen LogP contribution is -2.04. The van der Waals surface area contributed by atoms with Gasteiger partial charge in [-0.2, -0.15) is 0 Å². The van der Waals surface area contributed by atoms with Crippen LogP contribution in [-0.4, -0.2) is 17.0 Å². The quantitative estimate of drug-likeness (QED) is 0.487. The van der Waals surface area contributed by atoms with Crippen LogP contribution in [0.1, 0.15) is 17.7 Å². The lowest BCUT2D eigenvalue weighted by atomic mass is 10.2. The van der Waals surface area contributed by atoms with Crippen LogP contribution < -0.4 is 4.74 Å². The van der Waals surface area contributed by atoms with Crippen LogP contribution >= 0.6 is 15.9 Å². The van der Waals surface area contributed by atoms with Gasteiger partial charge in [0.25, 0.3) is 12.1 Å². The lowest BCUT2D eigenvalue weighted by molar-refractivity contribution is -0.385. The second-order valence-electron chi connectivity index (χ2n) is 2.74. The summed E-state index contributed by atoms with van der Waals surface area (Å²) in [5.41, 5.74) is -1.21. The Morgan fingerprint density at radius 3 is 2.69 bits per heavy atom. The van der Waals surface area contributed by atoms with Crippen molar-refractivity contribution in [1.29, 1.82) is 0 Å². The topological polar surface area (TPSA) is 65.3 Å². The highest BCUT2D eigenvalue weighted by Gasteiger charge is 2.25. The number of pyridine rings is 1. The van der Waals surface area contributed by atoms with E-state index in [-0.39, 0.29) is 16.8 Å². The molecule has 0 saturated heterocycles. The first-order valence-corrected chi connectivity index (χ1v) is 5.19. The molecule has 0 spiro atoms. The molecule has 5 nitrogen and oxygen atoms in total. The van der Waals surface area contributed by atoms with E-state index >= 15 is 0 Å². The number of nitrogens with zero attached hydrogens (tertiary/aromatic N) is 2. The third-order valence-corrected chi connectivity index (χ3v) is 2.42. The van der Waals surface area contributed by atoms with Crippen molar-refractivity contribution in [3.05, 3.63) is 27.4 Å². The predicted molar refractivity (Wildman–Crippen MR) is 55.0 cm³/mol. The van der Waals surface area contributed by atoms with E-state index in [9.17, 15) is 18.9 Å². The molecule has 16 heavy (non-hydrogen) atoms. The number of methoxy groups -OCH3 is 1. The highest BCUT2D eigenvalue weighted by molar-refractivity contribution is 9.08. The second kappa shape index (κ2) is 5.15. The van der Waals surface area contributed by atoms with Crippen molar-refractivity contribution in [3.8, 4) is 5.88 Å². The fourth-order valence-electron chi connectivity index (χ4n) is 1.14. The van der Waals surface area contributed by atoms with E-state index in [1.54, 1.807) is 0 Å². The van der Waals surface area contributed by atoms with Gasteiger partial charge in [-0.25, -0.2) is 13.8 Å². The number of rotatable bonds is 4. The molecule has 0 atom stereocenters. The van der Waals surface area contributed by atoms with E-state index < -0.39 is 22.7 Å². The van der Waals surface area contributed by atoms with Gasteiger partial charge in [-0.1, -0.05) is 15.9 Å². The van der Waals surface area contributed by atoms with Gasteiger partial charge in [-0.3, -0.25) is 10.1 Å². The van der Waals surface area contributed by atoms with E-state index in [4.69, 9.17) is 0 Å². The Labute approximate surface area is 97.7 Å². The largest absolute Gasteiger partial charge is 0.481 e. The molecule has 0 unspecified atom stereocenters. The Hall–Kier alpha value is -1.31. The zero-order chi connectivity index (χ0) is 12.3. The van der Waals surface area contributed by atoms with Crippen LogP contribution in [0.5, 0.6) is 5.88 Å². The Bertz CT molecular complexity index is 415. The minimum Gasteiger partial charge on any atom is -0.481 e. The first-order chi connectivity index (χ1) is 7.51. The molecule has 0 fully saturated rings. The molecule has 0 N–H and O–H groups in total. The number of aromatic nitrogens is 1. The minimum atomic E-state index is -2.89. The predicted octanol–water partition coefficient (Wildman–Crippen LogP) is 2.83. The molecule has 1 aromatic heterocycles. The van der Waals surface area contributed by atoms with Crippen molar-refractivity contribution in [2.45, 2.75) is 11.8 Å². The van der Waals surface area contributed by atoms with Crippen LogP contribution in [0, 0.1) is 10.1 Å². The first-order valence-electron chi connectivity index (χ1n) is 4.07. The summed E-state index contributed by atoms with van der Waals surface area (Å²) < 4.78 is 29.9. The average molecular weight is 297 g/mol. The van der Waals surface area contributed by atoms with Gasteiger partial charge in [0, 0.05) is 5.33 Å². The van der Waals surface area contributed by atoms with E-state index in [2.05, 4.69) is 25.7 Å². The number of hydrogen-bond acceptors (Lipinski definition) is 4. The summed E-state index contributed by atoms with van der Waals surface area (Å²) in [6, 6.07) is 1.02. The Morgan fingerprint density at radius 1 is 1.69 bits per heavy atom. The Kier molecular flexibility index (Phi) is 4.11. The molecule has 0 radical (unpaired) electrons. The molecule has 0 aromatic carbocycles. The van der Waals surface area contributed by atoms with Gasteiger partial charge in [0.15, 0.2) is 0 Å². The summed E-state index contributed by atoms with van der Waals surface area (Å²) in [4.78, 5) is 13.4. The van der Waals surface area contributed by atoms with Crippen LogP contribution in [0.3, 0.4) is 0 Å². The molecular formula is C8H7BrF2N2O3. The van der Waals surface area contributed by atoms with Crippen molar-refractivity contribution in [3.63, 3.8) is 0 Å². The van der Waals surface area contributed by atoms with Crippen LogP contribution in [0.25, 0.3) is 0 Å². The first kappa shape index (κ1) is 12.8. The smallest absolute Gasteiger partial charge is 0.281 e.